The van der Waals surface area contributed by atoms with Gasteiger partial charge in [-0.3, -0.25) is 9.89 Å². The highest BCUT2D eigenvalue weighted by atomic mass is 16.5. The summed E-state index contributed by atoms with van der Waals surface area (Å²) in [5.74, 6) is 2.93. The maximum Gasteiger partial charge on any atom is 0.222 e. The molecule has 1 aliphatic heterocycles. The number of morpholine rings is 1. The number of phenols is 1. The molecule has 1 amide bonds. The number of carbonyl (C=O) groups excluding carboxylic acids is 1. The Bertz CT molecular complexity index is 1040. The number of hydrogen-bond donors (Lipinski definition) is 2. The SMILES string of the molecule is C[C@]12CC[C@@H]3c4ccc(O)cc4CC[C@H]3[C@@H]1[C@H](CCCC(=O)N1CCOCC1)c1cn[nH]c12. The number of H-pyrrole nitrogens is 1. The van der Waals surface area contributed by atoms with Crippen molar-refractivity contribution in [3.8, 4) is 5.75 Å². The van der Waals surface area contributed by atoms with E-state index in [-0.39, 0.29) is 11.3 Å². The van der Waals surface area contributed by atoms with Gasteiger partial charge in [0.1, 0.15) is 5.75 Å². The number of amides is 1. The zero-order chi connectivity index (χ0) is 22.6. The molecule has 6 rings (SSSR count). The van der Waals surface area contributed by atoms with Gasteiger partial charge in [0.15, 0.2) is 0 Å². The summed E-state index contributed by atoms with van der Waals surface area (Å²) in [6.07, 6.45) is 9.26. The number of phenolic OH excluding ortho intramolecular Hbond substituents is 1. The van der Waals surface area contributed by atoms with Gasteiger partial charge in [-0.1, -0.05) is 13.0 Å². The lowest BCUT2D eigenvalue weighted by atomic mass is 9.53. The zero-order valence-electron chi connectivity index (χ0n) is 19.6. The van der Waals surface area contributed by atoms with Crippen molar-refractivity contribution in [3.63, 3.8) is 0 Å². The molecule has 1 saturated heterocycles. The van der Waals surface area contributed by atoms with E-state index in [1.165, 1.54) is 35.2 Å². The van der Waals surface area contributed by atoms with Crippen molar-refractivity contribution in [2.75, 3.05) is 26.3 Å². The molecule has 2 fully saturated rings. The lowest BCUT2D eigenvalue weighted by Gasteiger charge is -2.51. The Morgan fingerprint density at radius 1 is 1.27 bits per heavy atom. The smallest absolute Gasteiger partial charge is 0.222 e. The van der Waals surface area contributed by atoms with E-state index in [4.69, 9.17) is 4.74 Å². The molecule has 3 aliphatic carbocycles. The second-order valence-electron chi connectivity index (χ2n) is 10.9. The molecule has 0 bridgehead atoms. The van der Waals surface area contributed by atoms with E-state index < -0.39 is 0 Å². The summed E-state index contributed by atoms with van der Waals surface area (Å²) >= 11 is 0. The molecule has 0 spiro atoms. The van der Waals surface area contributed by atoms with Crippen LogP contribution in [0.25, 0.3) is 0 Å². The highest BCUT2D eigenvalue weighted by molar-refractivity contribution is 5.76. The second-order valence-corrected chi connectivity index (χ2v) is 10.9. The minimum absolute atomic E-state index is 0.139. The molecule has 0 radical (unpaired) electrons. The number of ether oxygens (including phenoxy) is 1. The third-order valence-corrected chi connectivity index (χ3v) is 9.30. The summed E-state index contributed by atoms with van der Waals surface area (Å²) in [5, 5.41) is 17.8. The van der Waals surface area contributed by atoms with E-state index in [1.807, 2.05) is 17.0 Å². The molecule has 1 aromatic heterocycles. The van der Waals surface area contributed by atoms with Crippen molar-refractivity contribution >= 4 is 5.91 Å². The van der Waals surface area contributed by atoms with Crippen molar-refractivity contribution in [2.24, 2.45) is 11.8 Å². The maximum absolute atomic E-state index is 12.7. The molecule has 1 aromatic carbocycles. The topological polar surface area (TPSA) is 78.4 Å². The van der Waals surface area contributed by atoms with E-state index >= 15 is 0 Å². The van der Waals surface area contributed by atoms with Gasteiger partial charge in [0.25, 0.3) is 0 Å². The minimum Gasteiger partial charge on any atom is -0.508 e. The molecule has 6 nitrogen and oxygen atoms in total. The summed E-state index contributed by atoms with van der Waals surface area (Å²) in [7, 11) is 0. The average Bonchev–Trinajstić information content (AvgIpc) is 3.41. The van der Waals surface area contributed by atoms with Crippen LogP contribution in [0.1, 0.15) is 79.7 Å². The molecule has 6 heteroatoms. The molecule has 5 atom stereocenters. The Kier molecular flexibility index (Phi) is 5.24. The number of aromatic hydroxyl groups is 1. The molecule has 176 valence electrons. The third kappa shape index (κ3) is 3.40. The second kappa shape index (κ2) is 8.15. The number of rotatable bonds is 4. The molecule has 0 unspecified atom stereocenters. The number of aryl methyl sites for hydroxylation is 1. The summed E-state index contributed by atoms with van der Waals surface area (Å²) in [4.78, 5) is 14.7. The Balaban J connectivity index is 1.24. The molecular weight excluding hydrogens is 414 g/mol. The largest absolute Gasteiger partial charge is 0.508 e. The first-order valence-electron chi connectivity index (χ1n) is 12.8. The number of nitrogens with one attached hydrogen (secondary N) is 1. The number of carbonyl (C=O) groups is 1. The fraction of sp³-hybridized carbons (Fsp3) is 0.630. The highest BCUT2D eigenvalue weighted by Gasteiger charge is 2.57. The maximum atomic E-state index is 12.7. The predicted octanol–water partition coefficient (Wildman–Crippen LogP) is 4.26. The van der Waals surface area contributed by atoms with Gasteiger partial charge < -0.3 is 14.7 Å². The van der Waals surface area contributed by atoms with Crippen LogP contribution in [0.5, 0.6) is 5.75 Å². The van der Waals surface area contributed by atoms with Crippen molar-refractivity contribution in [1.82, 2.24) is 15.1 Å². The summed E-state index contributed by atoms with van der Waals surface area (Å²) < 4.78 is 5.40. The van der Waals surface area contributed by atoms with Crippen LogP contribution in [0.3, 0.4) is 0 Å². The van der Waals surface area contributed by atoms with Gasteiger partial charge in [-0.05, 0) is 91.0 Å². The first kappa shape index (κ1) is 21.2. The van der Waals surface area contributed by atoms with Gasteiger partial charge in [-0.2, -0.15) is 5.10 Å². The van der Waals surface area contributed by atoms with E-state index in [2.05, 4.69) is 29.4 Å². The van der Waals surface area contributed by atoms with Crippen molar-refractivity contribution in [2.45, 2.75) is 69.1 Å². The molecular formula is C27H35N3O3. The molecule has 1 saturated carbocycles. The van der Waals surface area contributed by atoms with Gasteiger partial charge in [0.2, 0.25) is 5.91 Å². The van der Waals surface area contributed by atoms with Crippen LogP contribution < -0.4 is 0 Å². The van der Waals surface area contributed by atoms with Gasteiger partial charge >= 0.3 is 0 Å². The van der Waals surface area contributed by atoms with Crippen LogP contribution in [0.2, 0.25) is 0 Å². The first-order chi connectivity index (χ1) is 16.1. The number of benzene rings is 1. The lowest BCUT2D eigenvalue weighted by Crippen LogP contribution is -2.44. The fourth-order valence-electron chi connectivity index (χ4n) is 7.86. The normalized spacial score (nSPS) is 32.6. The number of hydrogen-bond acceptors (Lipinski definition) is 4. The average molecular weight is 450 g/mol. The zero-order valence-corrected chi connectivity index (χ0v) is 19.6. The monoisotopic (exact) mass is 449 g/mol. The van der Waals surface area contributed by atoms with Crippen molar-refractivity contribution in [3.05, 3.63) is 46.8 Å². The number of fused-ring (bicyclic) bond motifs is 7. The molecule has 2 heterocycles. The van der Waals surface area contributed by atoms with Crippen molar-refractivity contribution in [1.29, 1.82) is 0 Å². The summed E-state index contributed by atoms with van der Waals surface area (Å²) in [6, 6.07) is 6.02. The predicted molar refractivity (Wildman–Crippen MR) is 125 cm³/mol. The Morgan fingerprint density at radius 3 is 2.97 bits per heavy atom. The van der Waals surface area contributed by atoms with Crippen LogP contribution >= 0.6 is 0 Å². The Hall–Kier alpha value is -2.34. The fourth-order valence-corrected chi connectivity index (χ4v) is 7.86. The highest BCUT2D eigenvalue weighted by Crippen LogP contribution is 2.64. The van der Waals surface area contributed by atoms with Crippen LogP contribution in [0, 0.1) is 11.8 Å². The van der Waals surface area contributed by atoms with Gasteiger partial charge in [0.05, 0.1) is 19.4 Å². The first-order valence-corrected chi connectivity index (χ1v) is 12.8. The van der Waals surface area contributed by atoms with Crippen LogP contribution in [-0.2, 0) is 21.4 Å². The quantitative estimate of drug-likeness (QED) is 0.731. The Morgan fingerprint density at radius 2 is 2.12 bits per heavy atom. The van der Waals surface area contributed by atoms with Crippen LogP contribution in [-0.4, -0.2) is 52.4 Å². The summed E-state index contributed by atoms with van der Waals surface area (Å²) in [6.45, 7) is 5.24. The molecule has 2 N–H and O–H groups in total. The standard InChI is InChI=1S/C27H35N3O3/c1-27-10-9-20-19-8-6-18(31)15-17(19)5-7-22(20)25(27)21(23-16-28-29-26(23)27)3-2-4-24(32)30-11-13-33-14-12-30/h6,8,15-16,20-22,25,31H,2-5,7,9-14H2,1H3,(H,28,29)/t20-,21-,22-,25+,27+/m1/s1. The van der Waals surface area contributed by atoms with Gasteiger partial charge in [-0.15, -0.1) is 0 Å². The number of aromatic amines is 1. The van der Waals surface area contributed by atoms with Crippen LogP contribution in [0.15, 0.2) is 24.4 Å². The third-order valence-electron chi connectivity index (χ3n) is 9.30. The van der Waals surface area contributed by atoms with E-state index in [0.29, 0.717) is 49.1 Å². The van der Waals surface area contributed by atoms with Crippen LogP contribution in [0.4, 0.5) is 0 Å². The van der Waals surface area contributed by atoms with Gasteiger partial charge in [-0.25, -0.2) is 0 Å². The van der Waals surface area contributed by atoms with Gasteiger partial charge in [0, 0.05) is 30.6 Å². The van der Waals surface area contributed by atoms with E-state index in [1.54, 1.807) is 0 Å². The lowest BCUT2D eigenvalue weighted by molar-refractivity contribution is -0.135. The molecule has 2 aromatic rings. The Labute approximate surface area is 195 Å². The van der Waals surface area contributed by atoms with Crippen molar-refractivity contribution < 1.29 is 14.6 Å². The van der Waals surface area contributed by atoms with E-state index in [9.17, 15) is 9.90 Å². The minimum atomic E-state index is 0.139. The molecule has 4 aliphatic rings. The number of nitrogens with zero attached hydrogens (tertiary/aromatic N) is 2. The molecule has 33 heavy (non-hydrogen) atoms. The number of aromatic nitrogens is 2. The summed E-state index contributed by atoms with van der Waals surface area (Å²) in [5.41, 5.74) is 5.69. The van der Waals surface area contributed by atoms with E-state index in [0.717, 1.165) is 38.8 Å².